The molecule has 2 rings (SSSR count). The van der Waals surface area contributed by atoms with Crippen molar-refractivity contribution in [2.24, 2.45) is 11.3 Å². The quantitative estimate of drug-likeness (QED) is 0.509. The van der Waals surface area contributed by atoms with Crippen LogP contribution in [0, 0.1) is 11.3 Å². The standard InChI is InChI=1S/C9H16O/c1-9(2)4-3-7(5-9)8-6-10-8/h7-8H,3-6H2,1-2H3/t7?,8-/m0/s1. The van der Waals surface area contributed by atoms with Gasteiger partial charge in [0.1, 0.15) is 0 Å². The van der Waals surface area contributed by atoms with Crippen LogP contribution in [0.2, 0.25) is 0 Å². The molecule has 0 aromatic carbocycles. The van der Waals surface area contributed by atoms with Crippen LogP contribution in [0.5, 0.6) is 0 Å². The maximum Gasteiger partial charge on any atom is 0.0838 e. The largest absolute Gasteiger partial charge is 0.373 e. The van der Waals surface area contributed by atoms with Gasteiger partial charge in [-0.3, -0.25) is 0 Å². The lowest BCUT2D eigenvalue weighted by atomic mass is 9.90. The predicted octanol–water partition coefficient (Wildman–Crippen LogP) is 2.21. The Hall–Kier alpha value is -0.0400. The van der Waals surface area contributed by atoms with Gasteiger partial charge in [-0.25, -0.2) is 0 Å². The van der Waals surface area contributed by atoms with Crippen LogP contribution < -0.4 is 0 Å². The van der Waals surface area contributed by atoms with Crippen molar-refractivity contribution in [2.75, 3.05) is 6.61 Å². The Morgan fingerprint density at radius 1 is 1.40 bits per heavy atom. The summed E-state index contributed by atoms with van der Waals surface area (Å²) in [5.41, 5.74) is 0.608. The van der Waals surface area contributed by atoms with E-state index in [1.807, 2.05) is 0 Å². The van der Waals surface area contributed by atoms with E-state index in [2.05, 4.69) is 13.8 Å². The Balaban J connectivity index is 1.92. The van der Waals surface area contributed by atoms with Crippen LogP contribution in [0.1, 0.15) is 33.1 Å². The third kappa shape index (κ3) is 1.20. The minimum Gasteiger partial charge on any atom is -0.373 e. The average molecular weight is 140 g/mol. The summed E-state index contributed by atoms with van der Waals surface area (Å²) in [5, 5.41) is 0. The zero-order valence-corrected chi connectivity index (χ0v) is 6.89. The van der Waals surface area contributed by atoms with E-state index in [0.717, 1.165) is 12.5 Å². The normalized spacial score (nSPS) is 43.8. The van der Waals surface area contributed by atoms with Crippen LogP contribution in [0.3, 0.4) is 0 Å². The van der Waals surface area contributed by atoms with Gasteiger partial charge in [-0.15, -0.1) is 0 Å². The maximum absolute atomic E-state index is 5.29. The van der Waals surface area contributed by atoms with E-state index >= 15 is 0 Å². The summed E-state index contributed by atoms with van der Waals surface area (Å²) in [6.45, 7) is 5.78. The van der Waals surface area contributed by atoms with Crippen LogP contribution >= 0.6 is 0 Å². The van der Waals surface area contributed by atoms with E-state index in [4.69, 9.17) is 4.74 Å². The van der Waals surface area contributed by atoms with Crippen molar-refractivity contribution in [3.8, 4) is 0 Å². The highest BCUT2D eigenvalue weighted by molar-refractivity contribution is 4.90. The van der Waals surface area contributed by atoms with E-state index in [1.165, 1.54) is 19.3 Å². The molecule has 1 unspecified atom stereocenters. The molecule has 1 aliphatic heterocycles. The molecule has 1 heteroatoms. The van der Waals surface area contributed by atoms with E-state index in [0.29, 0.717) is 11.5 Å². The summed E-state index contributed by atoms with van der Waals surface area (Å²) in [6.07, 6.45) is 4.84. The first-order valence-electron chi connectivity index (χ1n) is 4.29. The highest BCUT2D eigenvalue weighted by Gasteiger charge is 2.40. The second-order valence-electron chi connectivity index (χ2n) is 4.54. The summed E-state index contributed by atoms with van der Waals surface area (Å²) in [7, 11) is 0. The molecule has 0 bridgehead atoms. The Morgan fingerprint density at radius 3 is 2.50 bits per heavy atom. The molecule has 1 aliphatic carbocycles. The summed E-state index contributed by atoms with van der Waals surface area (Å²) < 4.78 is 5.29. The molecule has 0 radical (unpaired) electrons. The molecule has 1 saturated heterocycles. The molecule has 1 nitrogen and oxygen atoms in total. The summed E-state index contributed by atoms with van der Waals surface area (Å²) in [4.78, 5) is 0. The van der Waals surface area contributed by atoms with Crippen molar-refractivity contribution >= 4 is 0 Å². The lowest BCUT2D eigenvalue weighted by Crippen LogP contribution is -2.08. The first-order valence-corrected chi connectivity index (χ1v) is 4.29. The van der Waals surface area contributed by atoms with Gasteiger partial charge in [-0.05, 0) is 30.6 Å². The molecule has 2 aliphatic rings. The van der Waals surface area contributed by atoms with Gasteiger partial charge in [0.2, 0.25) is 0 Å². The first kappa shape index (κ1) is 6.66. The minimum atomic E-state index is 0.608. The lowest BCUT2D eigenvalue weighted by Gasteiger charge is -2.15. The number of hydrogen-bond acceptors (Lipinski definition) is 1. The van der Waals surface area contributed by atoms with Crippen molar-refractivity contribution in [1.29, 1.82) is 0 Å². The van der Waals surface area contributed by atoms with Crippen LogP contribution in [-0.4, -0.2) is 12.7 Å². The third-order valence-electron chi connectivity index (χ3n) is 2.89. The predicted molar refractivity (Wildman–Crippen MR) is 40.9 cm³/mol. The Labute approximate surface area is 62.8 Å². The molecular weight excluding hydrogens is 124 g/mol. The molecule has 0 spiro atoms. The van der Waals surface area contributed by atoms with Gasteiger partial charge < -0.3 is 4.74 Å². The molecule has 0 N–H and O–H groups in total. The van der Waals surface area contributed by atoms with E-state index < -0.39 is 0 Å². The van der Waals surface area contributed by atoms with Crippen molar-refractivity contribution in [1.82, 2.24) is 0 Å². The first-order chi connectivity index (χ1) is 4.67. The van der Waals surface area contributed by atoms with Crippen molar-refractivity contribution < 1.29 is 4.74 Å². The van der Waals surface area contributed by atoms with Crippen molar-refractivity contribution in [2.45, 2.75) is 39.2 Å². The second-order valence-corrected chi connectivity index (χ2v) is 4.54. The molecule has 0 aromatic rings. The van der Waals surface area contributed by atoms with Gasteiger partial charge >= 0.3 is 0 Å². The number of hydrogen-bond donors (Lipinski definition) is 0. The molecular formula is C9H16O. The highest BCUT2D eigenvalue weighted by atomic mass is 16.6. The molecule has 58 valence electrons. The van der Waals surface area contributed by atoms with E-state index in [-0.39, 0.29) is 0 Å². The number of rotatable bonds is 1. The van der Waals surface area contributed by atoms with Gasteiger partial charge in [0.15, 0.2) is 0 Å². The van der Waals surface area contributed by atoms with E-state index in [9.17, 15) is 0 Å². The fourth-order valence-electron chi connectivity index (χ4n) is 2.14. The topological polar surface area (TPSA) is 12.5 Å². The maximum atomic E-state index is 5.29. The molecule has 0 aromatic heterocycles. The summed E-state index contributed by atoms with van der Waals surface area (Å²) >= 11 is 0. The fraction of sp³-hybridized carbons (Fsp3) is 1.00. The van der Waals surface area contributed by atoms with Crippen LogP contribution in [-0.2, 0) is 4.74 Å². The van der Waals surface area contributed by atoms with E-state index in [1.54, 1.807) is 0 Å². The second kappa shape index (κ2) is 1.97. The van der Waals surface area contributed by atoms with Gasteiger partial charge in [0.05, 0.1) is 12.7 Å². The van der Waals surface area contributed by atoms with Gasteiger partial charge in [0.25, 0.3) is 0 Å². The van der Waals surface area contributed by atoms with Crippen LogP contribution in [0.25, 0.3) is 0 Å². The smallest absolute Gasteiger partial charge is 0.0838 e. The molecule has 2 fully saturated rings. The third-order valence-corrected chi connectivity index (χ3v) is 2.89. The van der Waals surface area contributed by atoms with Crippen LogP contribution in [0.15, 0.2) is 0 Å². The van der Waals surface area contributed by atoms with Crippen molar-refractivity contribution in [3.05, 3.63) is 0 Å². The van der Waals surface area contributed by atoms with Gasteiger partial charge in [-0.1, -0.05) is 13.8 Å². The lowest BCUT2D eigenvalue weighted by molar-refractivity contribution is 0.301. The molecule has 10 heavy (non-hydrogen) atoms. The van der Waals surface area contributed by atoms with Crippen LogP contribution in [0.4, 0.5) is 0 Å². The Bertz CT molecular complexity index is 136. The fourth-order valence-corrected chi connectivity index (χ4v) is 2.14. The van der Waals surface area contributed by atoms with Crippen molar-refractivity contribution in [3.63, 3.8) is 0 Å². The zero-order chi connectivity index (χ0) is 7.19. The average Bonchev–Trinajstić information content (AvgIpc) is 2.59. The SMILES string of the molecule is CC1(C)CCC([C@@H]2CO2)C1. The van der Waals surface area contributed by atoms with Gasteiger partial charge in [-0.2, -0.15) is 0 Å². The molecule has 1 heterocycles. The molecule has 2 atom stereocenters. The Morgan fingerprint density at radius 2 is 2.10 bits per heavy atom. The number of ether oxygens (including phenoxy) is 1. The number of epoxide rings is 1. The molecule has 0 amide bonds. The molecule has 1 saturated carbocycles. The minimum absolute atomic E-state index is 0.608. The zero-order valence-electron chi connectivity index (χ0n) is 6.89. The Kier molecular flexibility index (Phi) is 1.31. The summed E-state index contributed by atoms with van der Waals surface area (Å²) in [5.74, 6) is 0.898. The van der Waals surface area contributed by atoms with Gasteiger partial charge in [0, 0.05) is 0 Å². The monoisotopic (exact) mass is 140 g/mol. The summed E-state index contributed by atoms with van der Waals surface area (Å²) in [6, 6.07) is 0. The highest BCUT2D eigenvalue weighted by Crippen LogP contribution is 2.45.